The fourth-order valence-electron chi connectivity index (χ4n) is 1.92. The number of hydrazine groups is 1. The van der Waals surface area contributed by atoms with Crippen molar-refractivity contribution < 1.29 is 17.9 Å². The van der Waals surface area contributed by atoms with Crippen LogP contribution in [-0.2, 0) is 14.8 Å². The van der Waals surface area contributed by atoms with E-state index in [0.717, 1.165) is 4.31 Å². The van der Waals surface area contributed by atoms with Gasteiger partial charge < -0.3 is 4.74 Å². The van der Waals surface area contributed by atoms with Gasteiger partial charge in [0.25, 0.3) is 0 Å². The third kappa shape index (κ3) is 3.27. The molecule has 7 nitrogen and oxygen atoms in total. The molecule has 0 fully saturated rings. The molecule has 1 rings (SSSR count). The Kier molecular flexibility index (Phi) is 5.09. The largest absolute Gasteiger partial charge is 0.497 e. The first-order valence-corrected chi connectivity index (χ1v) is 7.29. The maximum Gasteiger partial charge on any atom is 0.249 e. The number of benzene rings is 1. The summed E-state index contributed by atoms with van der Waals surface area (Å²) in [4.78, 5) is 11.4. The van der Waals surface area contributed by atoms with Gasteiger partial charge in [0.05, 0.1) is 18.6 Å². The molecule has 0 aliphatic heterocycles. The van der Waals surface area contributed by atoms with Gasteiger partial charge in [-0.25, -0.2) is 14.3 Å². The van der Waals surface area contributed by atoms with E-state index in [1.54, 1.807) is 26.0 Å². The van der Waals surface area contributed by atoms with E-state index < -0.39 is 15.9 Å². The molecule has 3 N–H and O–H groups in total. The molecule has 0 bridgehead atoms. The van der Waals surface area contributed by atoms with Gasteiger partial charge in [0, 0.05) is 7.05 Å². The van der Waals surface area contributed by atoms with E-state index in [1.165, 1.54) is 14.2 Å². The second-order valence-electron chi connectivity index (χ2n) is 4.42. The van der Waals surface area contributed by atoms with Crippen molar-refractivity contribution in [3.63, 3.8) is 0 Å². The number of carbonyl (C=O) groups is 1. The standard InChI is InChI=1S/C12H19N3O4S/c1-8-5-10(19-4)6-9(2)12(8)20(17,18)15(3)7-11(16)14-13/h5-6H,7,13H2,1-4H3,(H,14,16). The molecule has 1 aromatic rings. The lowest BCUT2D eigenvalue weighted by molar-refractivity contribution is -0.121. The van der Waals surface area contributed by atoms with Crippen molar-refractivity contribution in [3.8, 4) is 5.75 Å². The number of nitrogens with two attached hydrogens (primary N) is 1. The number of nitrogens with zero attached hydrogens (tertiary/aromatic N) is 1. The highest BCUT2D eigenvalue weighted by atomic mass is 32.2. The van der Waals surface area contributed by atoms with Gasteiger partial charge in [0.2, 0.25) is 15.9 Å². The lowest BCUT2D eigenvalue weighted by Crippen LogP contribution is -2.41. The average Bonchev–Trinajstić information content (AvgIpc) is 2.36. The number of nitrogens with one attached hydrogen (secondary N) is 1. The Morgan fingerprint density at radius 3 is 2.25 bits per heavy atom. The molecule has 8 heteroatoms. The van der Waals surface area contributed by atoms with E-state index in [4.69, 9.17) is 10.6 Å². The fourth-order valence-corrected chi connectivity index (χ4v) is 3.45. The van der Waals surface area contributed by atoms with Crippen LogP contribution in [0.2, 0.25) is 0 Å². The molecular weight excluding hydrogens is 282 g/mol. The van der Waals surface area contributed by atoms with E-state index in [9.17, 15) is 13.2 Å². The van der Waals surface area contributed by atoms with Crippen LogP contribution in [0, 0.1) is 13.8 Å². The van der Waals surface area contributed by atoms with Crippen molar-refractivity contribution in [2.24, 2.45) is 5.84 Å². The summed E-state index contributed by atoms with van der Waals surface area (Å²) in [6.45, 7) is 3.02. The summed E-state index contributed by atoms with van der Waals surface area (Å²) in [5.41, 5.74) is 3.02. The lowest BCUT2D eigenvalue weighted by Gasteiger charge is -2.19. The molecule has 0 atom stereocenters. The Morgan fingerprint density at radius 2 is 1.85 bits per heavy atom. The van der Waals surface area contributed by atoms with Crippen LogP contribution >= 0.6 is 0 Å². The zero-order valence-corrected chi connectivity index (χ0v) is 12.7. The van der Waals surface area contributed by atoms with Crippen LogP contribution < -0.4 is 16.0 Å². The van der Waals surface area contributed by atoms with Gasteiger partial charge in [0.1, 0.15) is 5.75 Å². The molecule has 0 aromatic heterocycles. The molecule has 1 aromatic carbocycles. The number of rotatable bonds is 5. The average molecular weight is 301 g/mol. The van der Waals surface area contributed by atoms with E-state index in [0.29, 0.717) is 16.9 Å². The lowest BCUT2D eigenvalue weighted by atomic mass is 10.1. The summed E-state index contributed by atoms with van der Waals surface area (Å²) in [5.74, 6) is 4.96. The minimum atomic E-state index is -3.77. The van der Waals surface area contributed by atoms with Crippen LogP contribution in [0.4, 0.5) is 0 Å². The third-order valence-corrected chi connectivity index (χ3v) is 4.97. The quantitative estimate of drug-likeness (QED) is 0.450. The van der Waals surface area contributed by atoms with E-state index in [-0.39, 0.29) is 11.4 Å². The van der Waals surface area contributed by atoms with Crippen LogP contribution in [0.25, 0.3) is 0 Å². The predicted octanol–water partition coefficient (Wildman–Crippen LogP) is -0.0776. The van der Waals surface area contributed by atoms with Crippen molar-refractivity contribution in [1.82, 2.24) is 9.73 Å². The predicted molar refractivity (Wildman–Crippen MR) is 74.6 cm³/mol. The summed E-state index contributed by atoms with van der Waals surface area (Å²) in [5, 5.41) is 0. The first-order chi connectivity index (χ1) is 9.23. The van der Waals surface area contributed by atoms with Crippen molar-refractivity contribution in [2.75, 3.05) is 20.7 Å². The van der Waals surface area contributed by atoms with Gasteiger partial charge >= 0.3 is 0 Å². The van der Waals surface area contributed by atoms with E-state index in [2.05, 4.69) is 0 Å². The van der Waals surface area contributed by atoms with E-state index >= 15 is 0 Å². The van der Waals surface area contributed by atoms with Crippen LogP contribution in [-0.4, -0.2) is 39.3 Å². The highest BCUT2D eigenvalue weighted by molar-refractivity contribution is 7.89. The summed E-state index contributed by atoms with van der Waals surface area (Å²) in [6.07, 6.45) is 0. The fraction of sp³-hybridized carbons (Fsp3) is 0.417. The van der Waals surface area contributed by atoms with Gasteiger partial charge in [-0.05, 0) is 37.1 Å². The van der Waals surface area contributed by atoms with Gasteiger partial charge in [0.15, 0.2) is 0 Å². The highest BCUT2D eigenvalue weighted by Gasteiger charge is 2.26. The molecule has 0 heterocycles. The van der Waals surface area contributed by atoms with Gasteiger partial charge in [-0.3, -0.25) is 10.2 Å². The second-order valence-corrected chi connectivity index (χ2v) is 6.40. The smallest absolute Gasteiger partial charge is 0.249 e. The summed E-state index contributed by atoms with van der Waals surface area (Å²) in [6, 6.07) is 3.27. The van der Waals surface area contributed by atoms with E-state index in [1.807, 2.05) is 5.43 Å². The van der Waals surface area contributed by atoms with Crippen molar-refractivity contribution in [1.29, 1.82) is 0 Å². The molecule has 0 unspecified atom stereocenters. The normalized spacial score (nSPS) is 11.5. The molecular formula is C12H19N3O4S. The molecule has 0 aliphatic carbocycles. The number of likely N-dealkylation sites (N-methyl/N-ethyl adjacent to an activating group) is 1. The minimum Gasteiger partial charge on any atom is -0.497 e. The maximum atomic E-state index is 12.5. The zero-order chi connectivity index (χ0) is 15.5. The van der Waals surface area contributed by atoms with Crippen LogP contribution in [0.15, 0.2) is 17.0 Å². The molecule has 0 saturated heterocycles. The molecule has 0 saturated carbocycles. The van der Waals surface area contributed by atoms with Crippen molar-refractivity contribution in [2.45, 2.75) is 18.7 Å². The Hall–Kier alpha value is -1.64. The van der Waals surface area contributed by atoms with Crippen LogP contribution in [0.3, 0.4) is 0 Å². The molecule has 20 heavy (non-hydrogen) atoms. The SMILES string of the molecule is COc1cc(C)c(S(=O)(=O)N(C)CC(=O)NN)c(C)c1. The first-order valence-electron chi connectivity index (χ1n) is 5.85. The number of methoxy groups -OCH3 is 1. The van der Waals surface area contributed by atoms with Crippen molar-refractivity contribution >= 4 is 15.9 Å². The number of amides is 1. The number of hydrogen-bond acceptors (Lipinski definition) is 5. The Morgan fingerprint density at radius 1 is 1.35 bits per heavy atom. The molecule has 0 radical (unpaired) electrons. The Bertz CT molecular complexity index is 590. The topological polar surface area (TPSA) is 102 Å². The third-order valence-electron chi connectivity index (χ3n) is 2.87. The molecule has 1 amide bonds. The first kappa shape index (κ1) is 16.4. The monoisotopic (exact) mass is 301 g/mol. The Labute approximate surface area is 118 Å². The van der Waals surface area contributed by atoms with Gasteiger partial charge in [-0.15, -0.1) is 0 Å². The van der Waals surface area contributed by atoms with Gasteiger partial charge in [-0.2, -0.15) is 4.31 Å². The van der Waals surface area contributed by atoms with Crippen molar-refractivity contribution in [3.05, 3.63) is 23.3 Å². The number of hydrogen-bond donors (Lipinski definition) is 2. The summed E-state index contributed by atoms with van der Waals surface area (Å²) in [7, 11) is -0.928. The second kappa shape index (κ2) is 6.21. The number of ether oxygens (including phenoxy) is 1. The summed E-state index contributed by atoms with van der Waals surface area (Å²) < 4.78 is 31.0. The number of aryl methyl sites for hydroxylation is 2. The van der Waals surface area contributed by atoms with Gasteiger partial charge in [-0.1, -0.05) is 0 Å². The highest BCUT2D eigenvalue weighted by Crippen LogP contribution is 2.27. The molecule has 0 spiro atoms. The minimum absolute atomic E-state index is 0.172. The maximum absolute atomic E-state index is 12.5. The molecule has 0 aliphatic rings. The van der Waals surface area contributed by atoms with Crippen LogP contribution in [0.1, 0.15) is 11.1 Å². The zero-order valence-electron chi connectivity index (χ0n) is 11.9. The summed E-state index contributed by atoms with van der Waals surface area (Å²) >= 11 is 0. The molecule has 112 valence electrons. The number of carbonyl (C=O) groups excluding carboxylic acids is 1. The number of sulfonamides is 1. The Balaban J connectivity index is 3.25. The van der Waals surface area contributed by atoms with Crippen LogP contribution in [0.5, 0.6) is 5.75 Å².